The van der Waals surface area contributed by atoms with E-state index in [1.54, 1.807) is 0 Å². The van der Waals surface area contributed by atoms with Crippen molar-refractivity contribution >= 4 is 25.5 Å². The molecule has 5 nitrogen and oxygen atoms in total. The van der Waals surface area contributed by atoms with Crippen molar-refractivity contribution < 1.29 is 30.9 Å². The van der Waals surface area contributed by atoms with Crippen LogP contribution in [0.5, 0.6) is 0 Å². The number of halogens is 6. The largest absolute Gasteiger partial charge is 0.416 e. The minimum absolute atomic E-state index is 0.0417. The summed E-state index contributed by atoms with van der Waals surface area (Å²) in [5.74, 6) is 0.0417. The highest BCUT2D eigenvalue weighted by Crippen LogP contribution is 2.53. The molecular formula is C26H25F6N4OP. The van der Waals surface area contributed by atoms with Gasteiger partial charge in [0, 0.05) is 36.7 Å². The summed E-state index contributed by atoms with van der Waals surface area (Å²) in [4.78, 5) is 0. The molecule has 1 aliphatic heterocycles. The van der Waals surface area contributed by atoms with E-state index in [2.05, 4.69) is 26.6 Å². The summed E-state index contributed by atoms with van der Waals surface area (Å²) >= 11 is 0. The third-order valence-corrected chi connectivity index (χ3v) is 7.68. The Labute approximate surface area is 217 Å². The van der Waals surface area contributed by atoms with E-state index in [0.29, 0.717) is 12.1 Å². The summed E-state index contributed by atoms with van der Waals surface area (Å²) in [6, 6.07) is 21.0. The Hall–Kier alpha value is -3.43. The first-order valence-corrected chi connectivity index (χ1v) is 12.8. The maximum atomic E-state index is 13.1. The monoisotopic (exact) mass is 554 g/mol. The van der Waals surface area contributed by atoms with Crippen molar-refractivity contribution in [2.45, 2.75) is 12.4 Å². The first-order valence-electron chi connectivity index (χ1n) is 11.6. The molecule has 0 unspecified atom stereocenters. The van der Waals surface area contributed by atoms with E-state index in [9.17, 15) is 26.3 Å². The SMILES string of the molecule is C=C(NCCOP1N(c2ccccc2)CCN1c1ccccc1)Nc1cc(C(F)(F)F)cc(C(F)(F)F)c1. The number of benzene rings is 3. The van der Waals surface area contributed by atoms with Crippen LogP contribution in [0.3, 0.4) is 0 Å². The summed E-state index contributed by atoms with van der Waals surface area (Å²) < 4.78 is 89.3. The predicted molar refractivity (Wildman–Crippen MR) is 138 cm³/mol. The first kappa shape index (κ1) is 27.6. The zero-order valence-corrected chi connectivity index (χ0v) is 21.0. The molecule has 0 spiro atoms. The molecule has 4 rings (SSSR count). The van der Waals surface area contributed by atoms with Gasteiger partial charge in [0.15, 0.2) is 0 Å². The fraction of sp³-hybridized carbons (Fsp3) is 0.231. The van der Waals surface area contributed by atoms with Crippen molar-refractivity contribution in [2.75, 3.05) is 40.9 Å². The average Bonchev–Trinajstić information content (AvgIpc) is 3.30. The molecule has 0 aliphatic carbocycles. The Morgan fingerprint density at radius 2 is 1.26 bits per heavy atom. The first-order chi connectivity index (χ1) is 18.0. The van der Waals surface area contributed by atoms with E-state index >= 15 is 0 Å². The van der Waals surface area contributed by atoms with Crippen molar-refractivity contribution in [3.05, 3.63) is 102 Å². The molecule has 1 saturated heterocycles. The van der Waals surface area contributed by atoms with Crippen molar-refractivity contribution in [3.63, 3.8) is 0 Å². The van der Waals surface area contributed by atoms with Gasteiger partial charge in [-0.2, -0.15) is 26.3 Å². The average molecular weight is 554 g/mol. The molecule has 1 aliphatic rings. The van der Waals surface area contributed by atoms with Gasteiger partial charge < -0.3 is 24.5 Å². The van der Waals surface area contributed by atoms with Gasteiger partial charge in [-0.25, -0.2) is 0 Å². The van der Waals surface area contributed by atoms with Crippen LogP contribution in [0.2, 0.25) is 0 Å². The second kappa shape index (κ2) is 11.5. The molecule has 0 radical (unpaired) electrons. The van der Waals surface area contributed by atoms with E-state index in [1.165, 1.54) is 0 Å². The quantitative estimate of drug-likeness (QED) is 0.163. The third kappa shape index (κ3) is 6.90. The fourth-order valence-corrected chi connectivity index (χ4v) is 5.84. The maximum absolute atomic E-state index is 13.1. The van der Waals surface area contributed by atoms with Gasteiger partial charge >= 0.3 is 12.4 Å². The van der Waals surface area contributed by atoms with E-state index in [-0.39, 0.29) is 30.7 Å². The van der Waals surface area contributed by atoms with Crippen LogP contribution in [-0.2, 0) is 16.9 Å². The van der Waals surface area contributed by atoms with Crippen LogP contribution in [0.15, 0.2) is 91.3 Å². The van der Waals surface area contributed by atoms with Gasteiger partial charge in [0.05, 0.1) is 23.6 Å². The van der Waals surface area contributed by atoms with Gasteiger partial charge in [-0.05, 0) is 42.5 Å². The number of nitrogens with zero attached hydrogens (tertiary/aromatic N) is 2. The van der Waals surface area contributed by atoms with Gasteiger partial charge in [-0.3, -0.25) is 0 Å². The molecule has 0 bridgehead atoms. The highest BCUT2D eigenvalue weighted by atomic mass is 31.2. The number of rotatable bonds is 9. The van der Waals surface area contributed by atoms with Gasteiger partial charge in [-0.15, -0.1) is 0 Å². The fourth-order valence-electron chi connectivity index (χ4n) is 3.86. The maximum Gasteiger partial charge on any atom is 0.416 e. The second-order valence-electron chi connectivity index (χ2n) is 8.33. The van der Waals surface area contributed by atoms with Crippen molar-refractivity contribution in [3.8, 4) is 0 Å². The Kier molecular flexibility index (Phi) is 8.38. The minimum Gasteiger partial charge on any atom is -0.370 e. The van der Waals surface area contributed by atoms with Crippen molar-refractivity contribution in [2.24, 2.45) is 0 Å². The van der Waals surface area contributed by atoms with E-state index in [4.69, 9.17) is 4.52 Å². The van der Waals surface area contributed by atoms with E-state index in [1.807, 2.05) is 60.7 Å². The Bertz CT molecular complexity index is 1140. The Morgan fingerprint density at radius 1 is 0.789 bits per heavy atom. The predicted octanol–water partition coefficient (Wildman–Crippen LogP) is 7.47. The zero-order valence-electron chi connectivity index (χ0n) is 20.1. The number of hydrogen-bond acceptors (Lipinski definition) is 5. The standard InChI is InChI=1S/C26H25F6N4OP/c1-19(34-22-17-20(25(27,28)29)16-21(18-22)26(30,31)32)33-12-15-37-38-35(23-8-4-2-5-9-23)13-14-36(38)24-10-6-3-7-11-24/h2-11,16-18,33-34H,1,12-15H2. The summed E-state index contributed by atoms with van der Waals surface area (Å²) in [5, 5.41) is 5.35. The number of anilines is 3. The number of nitrogens with one attached hydrogen (secondary N) is 2. The van der Waals surface area contributed by atoms with Gasteiger partial charge in [0.25, 0.3) is 0 Å². The molecule has 2 N–H and O–H groups in total. The molecule has 0 saturated carbocycles. The normalized spacial score (nSPS) is 14.6. The highest BCUT2D eigenvalue weighted by Gasteiger charge is 2.37. The van der Waals surface area contributed by atoms with E-state index < -0.39 is 31.9 Å². The molecule has 202 valence electrons. The van der Waals surface area contributed by atoms with Crippen LogP contribution in [0, 0.1) is 0 Å². The van der Waals surface area contributed by atoms with Crippen LogP contribution < -0.4 is 20.0 Å². The molecule has 3 aromatic carbocycles. The smallest absolute Gasteiger partial charge is 0.370 e. The summed E-state index contributed by atoms with van der Waals surface area (Å²) in [6.45, 7) is 5.62. The van der Waals surface area contributed by atoms with E-state index in [0.717, 1.165) is 24.5 Å². The summed E-state index contributed by atoms with van der Waals surface area (Å²) in [7, 11) is -1.21. The molecule has 38 heavy (non-hydrogen) atoms. The lowest BCUT2D eigenvalue weighted by Crippen LogP contribution is -2.25. The number of hydrogen-bond donors (Lipinski definition) is 2. The number of alkyl halides is 6. The molecule has 0 amide bonds. The molecule has 1 heterocycles. The Balaban J connectivity index is 1.39. The lowest BCUT2D eigenvalue weighted by atomic mass is 10.1. The third-order valence-electron chi connectivity index (χ3n) is 5.58. The summed E-state index contributed by atoms with van der Waals surface area (Å²) in [5.41, 5.74) is -1.16. The second-order valence-corrected chi connectivity index (χ2v) is 10.1. The van der Waals surface area contributed by atoms with Crippen LogP contribution in [-0.4, -0.2) is 26.2 Å². The molecule has 12 heteroatoms. The van der Waals surface area contributed by atoms with Crippen molar-refractivity contribution in [1.82, 2.24) is 5.32 Å². The van der Waals surface area contributed by atoms with Crippen LogP contribution in [0.4, 0.5) is 43.4 Å². The van der Waals surface area contributed by atoms with Crippen LogP contribution in [0.1, 0.15) is 11.1 Å². The minimum atomic E-state index is -4.93. The molecular weight excluding hydrogens is 529 g/mol. The van der Waals surface area contributed by atoms with Crippen LogP contribution >= 0.6 is 8.45 Å². The summed E-state index contributed by atoms with van der Waals surface area (Å²) in [6.07, 6.45) is -9.86. The molecule has 1 fully saturated rings. The van der Waals surface area contributed by atoms with Crippen LogP contribution in [0.25, 0.3) is 0 Å². The lowest BCUT2D eigenvalue weighted by Gasteiger charge is -2.30. The van der Waals surface area contributed by atoms with Gasteiger partial charge in [0.2, 0.25) is 8.45 Å². The van der Waals surface area contributed by atoms with Crippen molar-refractivity contribution in [1.29, 1.82) is 0 Å². The Morgan fingerprint density at radius 3 is 1.71 bits per heavy atom. The molecule has 0 aromatic heterocycles. The molecule has 3 aromatic rings. The lowest BCUT2D eigenvalue weighted by molar-refractivity contribution is -0.143. The van der Waals surface area contributed by atoms with Gasteiger partial charge in [0.1, 0.15) is 0 Å². The highest BCUT2D eigenvalue weighted by molar-refractivity contribution is 7.56. The molecule has 0 atom stereocenters. The number of para-hydroxylation sites is 2. The zero-order chi connectivity index (χ0) is 27.3. The van der Waals surface area contributed by atoms with Gasteiger partial charge in [-0.1, -0.05) is 43.0 Å². The topological polar surface area (TPSA) is 39.8 Å².